The maximum absolute atomic E-state index is 12.3. The molecule has 2 rings (SSSR count). The van der Waals surface area contributed by atoms with Crippen molar-refractivity contribution in [2.24, 2.45) is 11.8 Å². The van der Waals surface area contributed by atoms with Gasteiger partial charge in [-0.3, -0.25) is 4.79 Å². The Kier molecular flexibility index (Phi) is 5.46. The minimum absolute atomic E-state index is 0.0462. The summed E-state index contributed by atoms with van der Waals surface area (Å²) in [5, 5.41) is 12.9. The highest BCUT2D eigenvalue weighted by atomic mass is 16.3. The van der Waals surface area contributed by atoms with Crippen molar-refractivity contribution in [1.82, 2.24) is 10.2 Å². The maximum Gasteiger partial charge on any atom is 0.255 e. The number of aromatic hydroxyl groups is 1. The van der Waals surface area contributed by atoms with Crippen LogP contribution in [-0.4, -0.2) is 41.6 Å². The molecule has 1 aliphatic heterocycles. The van der Waals surface area contributed by atoms with Crippen molar-refractivity contribution < 1.29 is 9.90 Å². The Bertz CT molecular complexity index is 520. The van der Waals surface area contributed by atoms with E-state index in [9.17, 15) is 9.90 Å². The number of benzene rings is 1. The number of hydrogen-bond acceptors (Lipinski definition) is 3. The lowest BCUT2D eigenvalue weighted by molar-refractivity contribution is 0.0902. The van der Waals surface area contributed by atoms with Gasteiger partial charge in [-0.15, -0.1) is 0 Å². The highest BCUT2D eigenvalue weighted by Gasteiger charge is 2.23. The molecule has 122 valence electrons. The van der Waals surface area contributed by atoms with Crippen molar-refractivity contribution in [3.63, 3.8) is 0 Å². The highest BCUT2D eigenvalue weighted by molar-refractivity contribution is 5.97. The maximum atomic E-state index is 12.3. The molecule has 0 spiro atoms. The molecule has 0 aromatic heterocycles. The average molecular weight is 304 g/mol. The van der Waals surface area contributed by atoms with Crippen LogP contribution in [0.25, 0.3) is 0 Å². The predicted octanol–water partition coefficient (Wildman–Crippen LogP) is 2.80. The Morgan fingerprint density at radius 1 is 1.36 bits per heavy atom. The van der Waals surface area contributed by atoms with E-state index in [2.05, 4.69) is 24.1 Å². The largest absolute Gasteiger partial charge is 0.507 e. The van der Waals surface area contributed by atoms with Crippen LogP contribution < -0.4 is 5.32 Å². The third kappa shape index (κ3) is 4.47. The Balaban J connectivity index is 1.91. The lowest BCUT2D eigenvalue weighted by atomic mass is 9.92. The number of hydrogen-bond donors (Lipinski definition) is 2. The van der Waals surface area contributed by atoms with E-state index in [1.54, 1.807) is 12.1 Å². The number of piperidine rings is 1. The third-order valence-electron chi connectivity index (χ3n) is 4.25. The standard InChI is InChI=1S/C18H28N2O2/c1-12-5-6-16(17(21)8-12)18(22)19-15(4)11-20-9-13(2)7-14(3)10-20/h5-6,8,13-15,21H,7,9-11H2,1-4H3,(H,19,22). The number of phenols is 1. The van der Waals surface area contributed by atoms with Crippen LogP contribution in [0.15, 0.2) is 18.2 Å². The molecule has 1 fully saturated rings. The van der Waals surface area contributed by atoms with Crippen molar-refractivity contribution in [3.05, 3.63) is 29.3 Å². The average Bonchev–Trinajstić information content (AvgIpc) is 2.36. The normalized spacial score (nSPS) is 24.0. The molecule has 1 amide bonds. The van der Waals surface area contributed by atoms with E-state index in [0.29, 0.717) is 17.4 Å². The van der Waals surface area contributed by atoms with Crippen LogP contribution in [0.1, 0.15) is 43.1 Å². The fourth-order valence-corrected chi connectivity index (χ4v) is 3.51. The molecule has 4 heteroatoms. The molecule has 0 bridgehead atoms. The van der Waals surface area contributed by atoms with Gasteiger partial charge in [-0.25, -0.2) is 0 Å². The third-order valence-corrected chi connectivity index (χ3v) is 4.25. The second kappa shape index (κ2) is 7.14. The lowest BCUT2D eigenvalue weighted by Gasteiger charge is -2.36. The summed E-state index contributed by atoms with van der Waals surface area (Å²) in [5.41, 5.74) is 1.29. The Morgan fingerprint density at radius 3 is 2.59 bits per heavy atom. The quantitative estimate of drug-likeness (QED) is 0.899. The van der Waals surface area contributed by atoms with Gasteiger partial charge in [-0.1, -0.05) is 19.9 Å². The summed E-state index contributed by atoms with van der Waals surface area (Å²) in [4.78, 5) is 14.7. The number of likely N-dealkylation sites (tertiary alicyclic amines) is 1. The van der Waals surface area contributed by atoms with E-state index in [-0.39, 0.29) is 17.7 Å². The van der Waals surface area contributed by atoms with Crippen LogP contribution in [0.4, 0.5) is 0 Å². The van der Waals surface area contributed by atoms with Gasteiger partial charge in [0.25, 0.3) is 5.91 Å². The topological polar surface area (TPSA) is 52.6 Å². The molecule has 0 radical (unpaired) electrons. The van der Waals surface area contributed by atoms with Crippen molar-refractivity contribution in [3.8, 4) is 5.75 Å². The molecule has 1 saturated heterocycles. The van der Waals surface area contributed by atoms with Gasteiger partial charge in [0.2, 0.25) is 0 Å². The molecular weight excluding hydrogens is 276 g/mol. The van der Waals surface area contributed by atoms with Crippen molar-refractivity contribution in [1.29, 1.82) is 0 Å². The van der Waals surface area contributed by atoms with Crippen LogP contribution >= 0.6 is 0 Å². The van der Waals surface area contributed by atoms with E-state index in [0.717, 1.165) is 25.2 Å². The number of nitrogens with zero attached hydrogens (tertiary/aromatic N) is 1. The zero-order valence-corrected chi connectivity index (χ0v) is 14.1. The molecule has 1 aromatic carbocycles. The van der Waals surface area contributed by atoms with Gasteiger partial charge in [0.15, 0.2) is 0 Å². The molecule has 1 aromatic rings. The second-order valence-corrected chi connectivity index (χ2v) is 7.06. The van der Waals surface area contributed by atoms with Crippen LogP contribution in [0.3, 0.4) is 0 Å². The fraction of sp³-hybridized carbons (Fsp3) is 0.611. The molecule has 3 atom stereocenters. The highest BCUT2D eigenvalue weighted by Crippen LogP contribution is 2.21. The molecular formula is C18H28N2O2. The first kappa shape index (κ1) is 16.8. The van der Waals surface area contributed by atoms with Crippen molar-refractivity contribution >= 4 is 5.91 Å². The number of rotatable bonds is 4. The van der Waals surface area contributed by atoms with Crippen LogP contribution in [0.5, 0.6) is 5.75 Å². The van der Waals surface area contributed by atoms with E-state index in [4.69, 9.17) is 0 Å². The monoisotopic (exact) mass is 304 g/mol. The van der Waals surface area contributed by atoms with Gasteiger partial charge in [0.1, 0.15) is 5.75 Å². The Labute approximate surface area is 133 Å². The number of phenolic OH excluding ortho intramolecular Hbond substituents is 1. The molecule has 0 aliphatic carbocycles. The first-order chi connectivity index (χ1) is 10.3. The van der Waals surface area contributed by atoms with Gasteiger partial charge < -0.3 is 15.3 Å². The molecule has 2 N–H and O–H groups in total. The molecule has 22 heavy (non-hydrogen) atoms. The first-order valence-corrected chi connectivity index (χ1v) is 8.18. The summed E-state index contributed by atoms with van der Waals surface area (Å²) in [5.74, 6) is 1.27. The van der Waals surface area contributed by atoms with Crippen LogP contribution in [0.2, 0.25) is 0 Å². The van der Waals surface area contributed by atoms with Gasteiger partial charge in [0, 0.05) is 25.7 Å². The van der Waals surface area contributed by atoms with Gasteiger partial charge in [-0.2, -0.15) is 0 Å². The predicted molar refractivity (Wildman–Crippen MR) is 89.2 cm³/mol. The van der Waals surface area contributed by atoms with Crippen molar-refractivity contribution in [2.45, 2.75) is 40.2 Å². The molecule has 1 heterocycles. The Morgan fingerprint density at radius 2 is 2.00 bits per heavy atom. The number of carbonyl (C=O) groups is 1. The van der Waals surface area contributed by atoms with E-state index in [1.807, 2.05) is 19.9 Å². The lowest BCUT2D eigenvalue weighted by Crippen LogP contribution is -2.47. The van der Waals surface area contributed by atoms with Gasteiger partial charge in [-0.05, 0) is 49.8 Å². The zero-order valence-electron chi connectivity index (χ0n) is 14.1. The molecule has 0 saturated carbocycles. The zero-order chi connectivity index (χ0) is 16.3. The summed E-state index contributed by atoms with van der Waals surface area (Å²) < 4.78 is 0. The van der Waals surface area contributed by atoms with E-state index < -0.39 is 0 Å². The summed E-state index contributed by atoms with van der Waals surface area (Å²) in [6, 6.07) is 5.20. The molecule has 3 unspecified atom stereocenters. The summed E-state index contributed by atoms with van der Waals surface area (Å²) in [6.07, 6.45) is 1.29. The molecule has 1 aliphatic rings. The van der Waals surface area contributed by atoms with Gasteiger partial charge >= 0.3 is 0 Å². The molecule has 4 nitrogen and oxygen atoms in total. The van der Waals surface area contributed by atoms with Crippen LogP contribution in [0, 0.1) is 18.8 Å². The second-order valence-electron chi connectivity index (χ2n) is 7.06. The summed E-state index contributed by atoms with van der Waals surface area (Å²) in [6.45, 7) is 11.5. The first-order valence-electron chi connectivity index (χ1n) is 8.18. The fourth-order valence-electron chi connectivity index (χ4n) is 3.51. The number of nitrogens with one attached hydrogen (secondary N) is 1. The summed E-state index contributed by atoms with van der Waals surface area (Å²) >= 11 is 0. The number of carbonyl (C=O) groups excluding carboxylic acids is 1. The van der Waals surface area contributed by atoms with E-state index >= 15 is 0 Å². The number of aryl methyl sites for hydroxylation is 1. The van der Waals surface area contributed by atoms with Crippen molar-refractivity contribution in [2.75, 3.05) is 19.6 Å². The SMILES string of the molecule is Cc1ccc(C(=O)NC(C)CN2CC(C)CC(C)C2)c(O)c1. The minimum Gasteiger partial charge on any atom is -0.507 e. The van der Waals surface area contributed by atoms with Gasteiger partial charge in [0.05, 0.1) is 5.56 Å². The van der Waals surface area contributed by atoms with E-state index in [1.165, 1.54) is 6.42 Å². The number of amides is 1. The summed E-state index contributed by atoms with van der Waals surface area (Å²) in [7, 11) is 0. The Hall–Kier alpha value is -1.55. The van der Waals surface area contributed by atoms with Crippen LogP contribution in [-0.2, 0) is 0 Å². The smallest absolute Gasteiger partial charge is 0.255 e. The minimum atomic E-state index is -0.205.